The van der Waals surface area contributed by atoms with Gasteiger partial charge in [0.15, 0.2) is 0 Å². The Bertz CT molecular complexity index is 63.0. The summed E-state index contributed by atoms with van der Waals surface area (Å²) < 4.78 is 0. The van der Waals surface area contributed by atoms with Crippen molar-refractivity contribution in [1.29, 1.82) is 0 Å². The zero-order valence-corrected chi connectivity index (χ0v) is 6.69. The maximum absolute atomic E-state index is 2.37. The summed E-state index contributed by atoms with van der Waals surface area (Å²) in [7, 11) is 0. The van der Waals surface area contributed by atoms with E-state index in [4.69, 9.17) is 0 Å². The molecule has 1 aliphatic carbocycles. The molecule has 0 bridgehead atoms. The SMILES string of the molecule is CC1CCCC(C)C1.N. The van der Waals surface area contributed by atoms with Crippen molar-refractivity contribution in [2.45, 2.75) is 39.5 Å². The molecule has 1 aliphatic rings. The maximum Gasteiger partial charge on any atom is -0.0440 e. The van der Waals surface area contributed by atoms with Gasteiger partial charge < -0.3 is 6.15 Å². The van der Waals surface area contributed by atoms with Crippen LogP contribution in [0.5, 0.6) is 0 Å². The molecule has 1 nitrogen and oxygen atoms in total. The summed E-state index contributed by atoms with van der Waals surface area (Å²) >= 11 is 0. The molecule has 0 heterocycles. The summed E-state index contributed by atoms with van der Waals surface area (Å²) in [5.41, 5.74) is 0. The average molecular weight is 129 g/mol. The van der Waals surface area contributed by atoms with Crippen LogP contribution in [0.3, 0.4) is 0 Å². The van der Waals surface area contributed by atoms with Crippen LogP contribution in [-0.4, -0.2) is 0 Å². The van der Waals surface area contributed by atoms with Gasteiger partial charge in [-0.15, -0.1) is 0 Å². The molecular formula is C8H19N. The van der Waals surface area contributed by atoms with Crippen LogP contribution in [-0.2, 0) is 0 Å². The fraction of sp³-hybridized carbons (Fsp3) is 1.00. The van der Waals surface area contributed by atoms with Crippen LogP contribution in [0.4, 0.5) is 0 Å². The fourth-order valence-corrected chi connectivity index (χ4v) is 1.74. The summed E-state index contributed by atoms with van der Waals surface area (Å²) in [5, 5.41) is 0. The Hall–Kier alpha value is -0.0400. The van der Waals surface area contributed by atoms with Crippen molar-refractivity contribution in [3.8, 4) is 0 Å². The number of hydrogen-bond acceptors (Lipinski definition) is 1. The highest BCUT2D eigenvalue weighted by Gasteiger charge is 2.13. The Morgan fingerprint density at radius 1 is 1.00 bits per heavy atom. The Labute approximate surface area is 58.4 Å². The van der Waals surface area contributed by atoms with E-state index in [0.717, 1.165) is 11.8 Å². The van der Waals surface area contributed by atoms with Crippen LogP contribution in [0.15, 0.2) is 0 Å². The summed E-state index contributed by atoms with van der Waals surface area (Å²) in [6.07, 6.45) is 5.90. The molecule has 1 rings (SSSR count). The van der Waals surface area contributed by atoms with Gasteiger partial charge in [0.1, 0.15) is 0 Å². The Balaban J connectivity index is 0.000000640. The molecule has 0 saturated heterocycles. The van der Waals surface area contributed by atoms with Crippen molar-refractivity contribution in [3.63, 3.8) is 0 Å². The highest BCUT2D eigenvalue weighted by molar-refractivity contribution is 4.66. The van der Waals surface area contributed by atoms with E-state index < -0.39 is 0 Å². The van der Waals surface area contributed by atoms with Crippen LogP contribution in [0.2, 0.25) is 0 Å². The molecule has 0 aliphatic heterocycles. The minimum atomic E-state index is 0. The molecule has 1 saturated carbocycles. The van der Waals surface area contributed by atoms with E-state index in [1.54, 1.807) is 0 Å². The molecule has 0 aromatic rings. The highest BCUT2D eigenvalue weighted by Crippen LogP contribution is 2.27. The molecule has 0 aromatic heterocycles. The third-order valence-electron chi connectivity index (χ3n) is 2.20. The quantitative estimate of drug-likeness (QED) is 0.536. The van der Waals surface area contributed by atoms with Crippen molar-refractivity contribution in [2.75, 3.05) is 0 Å². The molecule has 2 atom stereocenters. The van der Waals surface area contributed by atoms with E-state index in [9.17, 15) is 0 Å². The molecular weight excluding hydrogens is 110 g/mol. The Morgan fingerprint density at radius 3 is 1.67 bits per heavy atom. The van der Waals surface area contributed by atoms with Gasteiger partial charge in [0, 0.05) is 0 Å². The number of rotatable bonds is 0. The zero-order chi connectivity index (χ0) is 5.98. The molecule has 1 fully saturated rings. The zero-order valence-electron chi connectivity index (χ0n) is 6.69. The second-order valence-corrected chi connectivity index (χ2v) is 3.38. The Kier molecular flexibility index (Phi) is 3.87. The molecule has 56 valence electrons. The minimum Gasteiger partial charge on any atom is -0.344 e. The normalized spacial score (nSPS) is 35.3. The summed E-state index contributed by atoms with van der Waals surface area (Å²) in [6.45, 7) is 4.74. The highest BCUT2D eigenvalue weighted by atomic mass is 14.2. The van der Waals surface area contributed by atoms with Crippen molar-refractivity contribution < 1.29 is 0 Å². The molecule has 2 unspecified atom stereocenters. The van der Waals surface area contributed by atoms with Gasteiger partial charge in [0.2, 0.25) is 0 Å². The van der Waals surface area contributed by atoms with Crippen LogP contribution < -0.4 is 6.15 Å². The molecule has 1 heteroatoms. The lowest BCUT2D eigenvalue weighted by atomic mass is 9.84. The van der Waals surface area contributed by atoms with Crippen LogP contribution in [0.1, 0.15) is 39.5 Å². The third-order valence-corrected chi connectivity index (χ3v) is 2.20. The standard InChI is InChI=1S/C8H16.H3N/c1-7-4-3-5-8(2)6-7;/h7-8H,3-6H2,1-2H3;1H3. The largest absolute Gasteiger partial charge is 0.344 e. The van der Waals surface area contributed by atoms with Crippen molar-refractivity contribution in [2.24, 2.45) is 11.8 Å². The average Bonchev–Trinajstić information content (AvgIpc) is 1.64. The second kappa shape index (κ2) is 3.89. The first-order valence-electron chi connectivity index (χ1n) is 3.79. The molecule has 0 aromatic carbocycles. The van der Waals surface area contributed by atoms with E-state index >= 15 is 0 Å². The van der Waals surface area contributed by atoms with Gasteiger partial charge in [0.25, 0.3) is 0 Å². The lowest BCUT2D eigenvalue weighted by Crippen LogP contribution is -2.09. The van der Waals surface area contributed by atoms with Crippen molar-refractivity contribution >= 4 is 0 Å². The first-order valence-corrected chi connectivity index (χ1v) is 3.79. The van der Waals surface area contributed by atoms with Crippen molar-refractivity contribution in [1.82, 2.24) is 6.15 Å². The summed E-state index contributed by atoms with van der Waals surface area (Å²) in [4.78, 5) is 0. The van der Waals surface area contributed by atoms with Gasteiger partial charge in [-0.1, -0.05) is 33.1 Å². The molecule has 9 heavy (non-hydrogen) atoms. The first-order chi connectivity index (χ1) is 3.79. The van der Waals surface area contributed by atoms with Gasteiger partial charge in [-0.3, -0.25) is 0 Å². The lowest BCUT2D eigenvalue weighted by molar-refractivity contribution is 0.301. The lowest BCUT2D eigenvalue weighted by Gasteiger charge is -2.22. The molecule has 0 spiro atoms. The van der Waals surface area contributed by atoms with Gasteiger partial charge >= 0.3 is 0 Å². The van der Waals surface area contributed by atoms with E-state index in [-0.39, 0.29) is 6.15 Å². The first kappa shape index (κ1) is 8.96. The van der Waals surface area contributed by atoms with Gasteiger partial charge in [0.05, 0.1) is 0 Å². The van der Waals surface area contributed by atoms with E-state index in [1.165, 1.54) is 25.7 Å². The summed E-state index contributed by atoms with van der Waals surface area (Å²) in [6, 6.07) is 0. The molecule has 0 radical (unpaired) electrons. The smallest absolute Gasteiger partial charge is 0.0440 e. The van der Waals surface area contributed by atoms with E-state index in [0.29, 0.717) is 0 Å². The predicted octanol–water partition coefficient (Wildman–Crippen LogP) is 2.99. The maximum atomic E-state index is 2.37. The van der Waals surface area contributed by atoms with Crippen LogP contribution in [0.25, 0.3) is 0 Å². The van der Waals surface area contributed by atoms with E-state index in [1.807, 2.05) is 0 Å². The van der Waals surface area contributed by atoms with Crippen LogP contribution in [0, 0.1) is 11.8 Å². The van der Waals surface area contributed by atoms with Crippen LogP contribution >= 0.6 is 0 Å². The predicted molar refractivity (Wildman–Crippen MR) is 41.8 cm³/mol. The van der Waals surface area contributed by atoms with Gasteiger partial charge in [-0.25, -0.2) is 0 Å². The molecule has 3 N–H and O–H groups in total. The third kappa shape index (κ3) is 2.85. The van der Waals surface area contributed by atoms with Crippen molar-refractivity contribution in [3.05, 3.63) is 0 Å². The van der Waals surface area contributed by atoms with Gasteiger partial charge in [-0.05, 0) is 18.3 Å². The minimum absolute atomic E-state index is 0. The summed E-state index contributed by atoms with van der Waals surface area (Å²) in [5.74, 6) is 2.03. The topological polar surface area (TPSA) is 35.0 Å². The van der Waals surface area contributed by atoms with E-state index in [2.05, 4.69) is 13.8 Å². The number of hydrogen-bond donors (Lipinski definition) is 1. The monoisotopic (exact) mass is 129 g/mol. The fourth-order valence-electron chi connectivity index (χ4n) is 1.74. The second-order valence-electron chi connectivity index (χ2n) is 3.38. The van der Waals surface area contributed by atoms with Gasteiger partial charge in [-0.2, -0.15) is 0 Å². The Morgan fingerprint density at radius 2 is 1.44 bits per heavy atom. The molecule has 0 amide bonds.